The smallest absolute Gasteiger partial charge is 0.255 e. The number of benzene rings is 2. The SMILES string of the molecule is C=CCOc1cccc(CN(C)S(=O)(=O)c2ccc(OC)c(C(=O)NCC)c2)c1. The van der Waals surface area contributed by atoms with Crippen LogP contribution >= 0.6 is 0 Å². The zero-order valence-electron chi connectivity index (χ0n) is 16.8. The van der Waals surface area contributed by atoms with Gasteiger partial charge in [-0.05, 0) is 42.8 Å². The third-order valence-corrected chi connectivity index (χ3v) is 5.93. The molecule has 0 saturated heterocycles. The van der Waals surface area contributed by atoms with Crippen molar-refractivity contribution >= 4 is 15.9 Å². The number of amides is 1. The Balaban J connectivity index is 2.28. The van der Waals surface area contributed by atoms with Gasteiger partial charge in [0.15, 0.2) is 0 Å². The van der Waals surface area contributed by atoms with Gasteiger partial charge in [-0.25, -0.2) is 8.42 Å². The Labute approximate surface area is 172 Å². The number of rotatable bonds is 10. The lowest BCUT2D eigenvalue weighted by molar-refractivity contribution is 0.0952. The molecule has 0 saturated carbocycles. The average Bonchev–Trinajstić information content (AvgIpc) is 2.72. The van der Waals surface area contributed by atoms with Gasteiger partial charge in [0.05, 0.1) is 17.6 Å². The molecule has 0 atom stereocenters. The summed E-state index contributed by atoms with van der Waals surface area (Å²) in [6.07, 6.45) is 1.64. The van der Waals surface area contributed by atoms with Crippen LogP contribution < -0.4 is 14.8 Å². The van der Waals surface area contributed by atoms with Gasteiger partial charge in [0, 0.05) is 20.1 Å². The van der Waals surface area contributed by atoms with Gasteiger partial charge in [0.2, 0.25) is 10.0 Å². The van der Waals surface area contributed by atoms with E-state index in [-0.39, 0.29) is 17.0 Å². The zero-order valence-corrected chi connectivity index (χ0v) is 17.7. The fourth-order valence-corrected chi connectivity index (χ4v) is 3.88. The van der Waals surface area contributed by atoms with Crippen LogP contribution in [0.2, 0.25) is 0 Å². The van der Waals surface area contributed by atoms with Crippen molar-refractivity contribution in [1.29, 1.82) is 0 Å². The summed E-state index contributed by atoms with van der Waals surface area (Å²) in [6, 6.07) is 11.4. The molecule has 0 aliphatic carbocycles. The zero-order chi connectivity index (χ0) is 21.4. The first-order chi connectivity index (χ1) is 13.8. The molecule has 0 aromatic heterocycles. The molecule has 1 amide bonds. The molecule has 1 N–H and O–H groups in total. The van der Waals surface area contributed by atoms with Gasteiger partial charge in [0.25, 0.3) is 5.91 Å². The Bertz CT molecular complexity index is 973. The molecule has 7 nitrogen and oxygen atoms in total. The number of ether oxygens (including phenoxy) is 2. The molecule has 2 aromatic carbocycles. The van der Waals surface area contributed by atoms with Crippen LogP contribution in [0.4, 0.5) is 0 Å². The molecule has 0 aliphatic rings. The molecule has 2 rings (SSSR count). The Hall–Kier alpha value is -2.84. The van der Waals surface area contributed by atoms with Crippen LogP contribution in [0, 0.1) is 0 Å². The van der Waals surface area contributed by atoms with Crippen LogP contribution in [0.15, 0.2) is 60.0 Å². The molecule has 0 spiro atoms. The molecule has 2 aromatic rings. The van der Waals surface area contributed by atoms with Gasteiger partial charge in [-0.3, -0.25) is 4.79 Å². The topological polar surface area (TPSA) is 84.9 Å². The largest absolute Gasteiger partial charge is 0.496 e. The summed E-state index contributed by atoms with van der Waals surface area (Å²) < 4.78 is 38.0. The minimum Gasteiger partial charge on any atom is -0.496 e. The van der Waals surface area contributed by atoms with Gasteiger partial charge in [-0.2, -0.15) is 4.31 Å². The van der Waals surface area contributed by atoms with Crippen LogP contribution in [0.5, 0.6) is 11.5 Å². The second-order valence-electron chi connectivity index (χ2n) is 6.23. The van der Waals surface area contributed by atoms with Crippen molar-refractivity contribution in [3.05, 3.63) is 66.2 Å². The highest BCUT2D eigenvalue weighted by Gasteiger charge is 2.24. The molecule has 0 fully saturated rings. The van der Waals surface area contributed by atoms with E-state index in [1.165, 1.54) is 36.7 Å². The van der Waals surface area contributed by atoms with Gasteiger partial charge in [0.1, 0.15) is 18.1 Å². The maximum Gasteiger partial charge on any atom is 0.255 e. The number of carbonyl (C=O) groups is 1. The van der Waals surface area contributed by atoms with Crippen molar-refractivity contribution in [2.45, 2.75) is 18.4 Å². The molecular formula is C21H26N2O5S. The number of methoxy groups -OCH3 is 1. The second-order valence-corrected chi connectivity index (χ2v) is 8.27. The van der Waals surface area contributed by atoms with Gasteiger partial charge in [-0.1, -0.05) is 24.8 Å². The molecule has 0 radical (unpaired) electrons. The molecule has 0 heterocycles. The van der Waals surface area contributed by atoms with Crippen molar-refractivity contribution in [1.82, 2.24) is 9.62 Å². The Morgan fingerprint density at radius 1 is 1.24 bits per heavy atom. The van der Waals surface area contributed by atoms with Crippen LogP contribution in [0.25, 0.3) is 0 Å². The van der Waals surface area contributed by atoms with Gasteiger partial charge < -0.3 is 14.8 Å². The maximum atomic E-state index is 13.0. The van der Waals surface area contributed by atoms with E-state index >= 15 is 0 Å². The maximum absolute atomic E-state index is 13.0. The fourth-order valence-electron chi connectivity index (χ4n) is 2.69. The third kappa shape index (κ3) is 5.58. The van der Waals surface area contributed by atoms with Crippen LogP contribution in [0.1, 0.15) is 22.8 Å². The quantitative estimate of drug-likeness (QED) is 0.600. The van der Waals surface area contributed by atoms with E-state index in [1.54, 1.807) is 31.2 Å². The summed E-state index contributed by atoms with van der Waals surface area (Å²) in [4.78, 5) is 12.3. The predicted octanol–water partition coefficient (Wildman–Crippen LogP) is 2.83. The van der Waals surface area contributed by atoms with Crippen molar-refractivity contribution in [3.8, 4) is 11.5 Å². The van der Waals surface area contributed by atoms with Crippen LogP contribution in [-0.2, 0) is 16.6 Å². The summed E-state index contributed by atoms with van der Waals surface area (Å²) in [7, 11) is -0.903. The first-order valence-electron chi connectivity index (χ1n) is 9.08. The fraction of sp³-hybridized carbons (Fsp3) is 0.286. The third-order valence-electron chi connectivity index (χ3n) is 4.13. The highest BCUT2D eigenvalue weighted by Crippen LogP contribution is 2.25. The van der Waals surface area contributed by atoms with Gasteiger partial charge in [-0.15, -0.1) is 0 Å². The van der Waals surface area contributed by atoms with E-state index in [1.807, 2.05) is 6.07 Å². The molecule has 156 valence electrons. The molecule has 29 heavy (non-hydrogen) atoms. The number of nitrogens with zero attached hydrogens (tertiary/aromatic N) is 1. The molecule has 0 bridgehead atoms. The Kier molecular flexibility index (Phi) is 7.81. The molecule has 0 aliphatic heterocycles. The number of hydrogen-bond donors (Lipinski definition) is 1. The van der Waals surface area contributed by atoms with Crippen molar-refractivity contribution in [2.24, 2.45) is 0 Å². The van der Waals surface area contributed by atoms with E-state index in [0.717, 1.165) is 5.56 Å². The first kappa shape index (κ1) is 22.4. The molecule has 0 unspecified atom stereocenters. The lowest BCUT2D eigenvalue weighted by Gasteiger charge is -2.19. The highest BCUT2D eigenvalue weighted by atomic mass is 32.2. The standard InChI is InChI=1S/C21H26N2O5S/c1-5-12-28-17-9-7-8-16(13-17)15-23(3)29(25,26)18-10-11-20(27-4)19(14-18)21(24)22-6-2/h5,7-11,13-14H,1,6,12,15H2,2-4H3,(H,22,24). The monoisotopic (exact) mass is 418 g/mol. The van der Waals surface area contributed by atoms with Crippen molar-refractivity contribution < 1.29 is 22.7 Å². The van der Waals surface area contributed by atoms with E-state index in [0.29, 0.717) is 24.7 Å². The summed E-state index contributed by atoms with van der Waals surface area (Å²) in [6.45, 7) is 6.33. The summed E-state index contributed by atoms with van der Waals surface area (Å²) in [5, 5.41) is 2.66. The van der Waals surface area contributed by atoms with Crippen LogP contribution in [0.3, 0.4) is 0 Å². The lowest BCUT2D eigenvalue weighted by Crippen LogP contribution is -2.27. The molecular weight excluding hydrogens is 392 g/mol. The summed E-state index contributed by atoms with van der Waals surface area (Å²) >= 11 is 0. The normalized spacial score (nSPS) is 11.2. The highest BCUT2D eigenvalue weighted by molar-refractivity contribution is 7.89. The van der Waals surface area contributed by atoms with Gasteiger partial charge >= 0.3 is 0 Å². The second kappa shape index (κ2) is 10.1. The number of carbonyl (C=O) groups excluding carboxylic acids is 1. The average molecular weight is 419 g/mol. The van der Waals surface area contributed by atoms with E-state index < -0.39 is 15.9 Å². The minimum atomic E-state index is -3.82. The van der Waals surface area contributed by atoms with E-state index in [4.69, 9.17) is 9.47 Å². The van der Waals surface area contributed by atoms with Crippen LogP contribution in [-0.4, -0.2) is 45.9 Å². The number of hydrogen-bond acceptors (Lipinski definition) is 5. The molecule has 8 heteroatoms. The first-order valence-corrected chi connectivity index (χ1v) is 10.5. The number of sulfonamides is 1. The number of nitrogens with one attached hydrogen (secondary N) is 1. The summed E-state index contributed by atoms with van der Waals surface area (Å²) in [5.41, 5.74) is 0.943. The summed E-state index contributed by atoms with van der Waals surface area (Å²) in [5.74, 6) is 0.553. The van der Waals surface area contributed by atoms with E-state index in [2.05, 4.69) is 11.9 Å². The van der Waals surface area contributed by atoms with E-state index in [9.17, 15) is 13.2 Å². The lowest BCUT2D eigenvalue weighted by atomic mass is 10.2. The Morgan fingerprint density at radius 3 is 2.66 bits per heavy atom. The minimum absolute atomic E-state index is 0.0149. The Morgan fingerprint density at radius 2 is 2.00 bits per heavy atom. The van der Waals surface area contributed by atoms with Crippen molar-refractivity contribution in [3.63, 3.8) is 0 Å². The van der Waals surface area contributed by atoms with Crippen molar-refractivity contribution in [2.75, 3.05) is 27.3 Å². The predicted molar refractivity (Wildman–Crippen MR) is 112 cm³/mol.